The van der Waals surface area contributed by atoms with Crippen molar-refractivity contribution in [3.8, 4) is 0 Å². The molecule has 1 aromatic rings. The van der Waals surface area contributed by atoms with Crippen molar-refractivity contribution in [2.45, 2.75) is 25.5 Å². The first-order chi connectivity index (χ1) is 8.74. The molecule has 0 spiro atoms. The summed E-state index contributed by atoms with van der Waals surface area (Å²) in [6.45, 7) is 2.64. The number of nitrogens with zero attached hydrogens (tertiary/aromatic N) is 1. The highest BCUT2D eigenvalue weighted by atomic mass is 16.5. The van der Waals surface area contributed by atoms with Crippen LogP contribution in [-0.2, 0) is 11.3 Å². The fraction of sp³-hybridized carbons (Fsp3) is 0.583. The molecule has 1 amide bonds. The van der Waals surface area contributed by atoms with Gasteiger partial charge >= 0.3 is 5.91 Å². The summed E-state index contributed by atoms with van der Waals surface area (Å²) in [5.41, 5.74) is 2.96. The number of carbonyl (C=O) groups excluding carboxylic acids is 1. The second-order valence-corrected chi connectivity index (χ2v) is 4.46. The number of ether oxygens (including phenoxy) is 1. The second-order valence-electron chi connectivity index (χ2n) is 4.46. The molecule has 0 unspecified atom stereocenters. The van der Waals surface area contributed by atoms with Gasteiger partial charge in [-0.05, 0) is 18.9 Å². The molecule has 0 atom stereocenters. The zero-order valence-electron chi connectivity index (χ0n) is 10.5. The van der Waals surface area contributed by atoms with E-state index in [1.54, 1.807) is 7.11 Å². The third kappa shape index (κ3) is 2.90. The number of hydrogen-bond acceptors (Lipinski definition) is 5. The largest absolute Gasteiger partial charge is 0.459 e. The molecule has 0 bridgehead atoms. The normalized spacial score (nSPS) is 17.9. The standard InChI is InChI=1S/C12H19N3O3/c1-17-10-2-5-15(6-3-10)8-9-4-7-18-11(9)12(16)14-13/h4,7,10H,2-3,5-6,8,13H2,1H3,(H,14,16). The van der Waals surface area contributed by atoms with Gasteiger partial charge in [-0.15, -0.1) is 0 Å². The lowest BCUT2D eigenvalue weighted by Gasteiger charge is -2.30. The van der Waals surface area contributed by atoms with Crippen LogP contribution in [0, 0.1) is 0 Å². The Kier molecular flexibility index (Phi) is 4.35. The van der Waals surface area contributed by atoms with Crippen LogP contribution in [0.4, 0.5) is 0 Å². The number of methoxy groups -OCH3 is 1. The van der Waals surface area contributed by atoms with Crippen LogP contribution in [-0.4, -0.2) is 37.1 Å². The maximum atomic E-state index is 11.5. The fourth-order valence-corrected chi connectivity index (χ4v) is 2.27. The van der Waals surface area contributed by atoms with Gasteiger partial charge in [0.1, 0.15) is 0 Å². The van der Waals surface area contributed by atoms with E-state index >= 15 is 0 Å². The average molecular weight is 253 g/mol. The van der Waals surface area contributed by atoms with Crippen LogP contribution >= 0.6 is 0 Å². The van der Waals surface area contributed by atoms with Gasteiger partial charge in [0.15, 0.2) is 5.76 Å². The molecule has 0 saturated carbocycles. The van der Waals surface area contributed by atoms with Crippen LogP contribution in [0.25, 0.3) is 0 Å². The molecule has 1 aromatic heterocycles. The molecule has 2 heterocycles. The highest BCUT2D eigenvalue weighted by Gasteiger charge is 2.21. The number of amides is 1. The number of furan rings is 1. The SMILES string of the molecule is COC1CCN(Cc2ccoc2C(=O)NN)CC1. The average Bonchev–Trinajstić information content (AvgIpc) is 2.87. The molecule has 3 N–H and O–H groups in total. The Morgan fingerprint density at radius 3 is 2.94 bits per heavy atom. The summed E-state index contributed by atoms with van der Waals surface area (Å²) in [6, 6.07) is 1.81. The van der Waals surface area contributed by atoms with Crippen LogP contribution in [0.3, 0.4) is 0 Å². The fourth-order valence-electron chi connectivity index (χ4n) is 2.27. The second kappa shape index (κ2) is 5.99. The Balaban J connectivity index is 1.94. The quantitative estimate of drug-likeness (QED) is 0.464. The molecule has 0 aliphatic carbocycles. The summed E-state index contributed by atoms with van der Waals surface area (Å²) >= 11 is 0. The Morgan fingerprint density at radius 2 is 2.33 bits per heavy atom. The summed E-state index contributed by atoms with van der Waals surface area (Å²) < 4.78 is 10.5. The van der Waals surface area contributed by atoms with E-state index in [1.807, 2.05) is 6.07 Å². The molecule has 1 saturated heterocycles. The summed E-state index contributed by atoms with van der Waals surface area (Å²) in [5, 5.41) is 0. The minimum atomic E-state index is -0.387. The zero-order valence-corrected chi connectivity index (χ0v) is 10.5. The first kappa shape index (κ1) is 13.1. The third-order valence-corrected chi connectivity index (χ3v) is 3.35. The lowest BCUT2D eigenvalue weighted by molar-refractivity contribution is 0.0387. The first-order valence-electron chi connectivity index (χ1n) is 6.07. The number of likely N-dealkylation sites (tertiary alicyclic amines) is 1. The van der Waals surface area contributed by atoms with E-state index in [0.29, 0.717) is 18.4 Å². The number of hydrazine groups is 1. The van der Waals surface area contributed by atoms with E-state index in [9.17, 15) is 4.79 Å². The predicted molar refractivity (Wildman–Crippen MR) is 65.7 cm³/mol. The van der Waals surface area contributed by atoms with E-state index in [1.165, 1.54) is 6.26 Å². The van der Waals surface area contributed by atoms with Crippen LogP contribution in [0.15, 0.2) is 16.7 Å². The van der Waals surface area contributed by atoms with E-state index in [2.05, 4.69) is 10.3 Å². The Bertz CT molecular complexity index is 397. The van der Waals surface area contributed by atoms with Gasteiger partial charge in [-0.2, -0.15) is 0 Å². The molecule has 100 valence electrons. The minimum absolute atomic E-state index is 0.298. The number of nitrogens with two attached hydrogens (primary N) is 1. The number of hydrogen-bond donors (Lipinski definition) is 2. The zero-order chi connectivity index (χ0) is 13.0. The van der Waals surface area contributed by atoms with Gasteiger partial charge in [0.05, 0.1) is 12.4 Å². The van der Waals surface area contributed by atoms with Gasteiger partial charge in [0, 0.05) is 32.3 Å². The number of nitrogens with one attached hydrogen (secondary N) is 1. The topological polar surface area (TPSA) is 80.7 Å². The van der Waals surface area contributed by atoms with E-state index in [0.717, 1.165) is 31.5 Å². The van der Waals surface area contributed by atoms with Crippen molar-refractivity contribution in [3.63, 3.8) is 0 Å². The van der Waals surface area contributed by atoms with Crippen molar-refractivity contribution in [1.82, 2.24) is 10.3 Å². The molecule has 18 heavy (non-hydrogen) atoms. The highest BCUT2D eigenvalue weighted by molar-refractivity contribution is 5.92. The molecule has 1 aliphatic rings. The summed E-state index contributed by atoms with van der Waals surface area (Å²) in [6.07, 6.45) is 3.92. The van der Waals surface area contributed by atoms with Gasteiger partial charge in [-0.25, -0.2) is 5.84 Å². The van der Waals surface area contributed by atoms with E-state index < -0.39 is 0 Å². The van der Waals surface area contributed by atoms with Crippen LogP contribution in [0.2, 0.25) is 0 Å². The van der Waals surface area contributed by atoms with Gasteiger partial charge in [0.25, 0.3) is 0 Å². The lowest BCUT2D eigenvalue weighted by Crippen LogP contribution is -2.37. The van der Waals surface area contributed by atoms with Gasteiger partial charge in [0.2, 0.25) is 0 Å². The predicted octanol–water partition coefficient (Wildman–Crippen LogP) is 0.494. The Morgan fingerprint density at radius 1 is 1.61 bits per heavy atom. The third-order valence-electron chi connectivity index (χ3n) is 3.35. The lowest BCUT2D eigenvalue weighted by atomic mass is 10.1. The summed E-state index contributed by atoms with van der Waals surface area (Å²) in [7, 11) is 1.75. The van der Waals surface area contributed by atoms with Crippen molar-refractivity contribution < 1.29 is 13.9 Å². The Labute approximate surface area is 106 Å². The van der Waals surface area contributed by atoms with Crippen molar-refractivity contribution in [2.24, 2.45) is 5.84 Å². The maximum absolute atomic E-state index is 11.5. The number of nitrogen functional groups attached to an aromatic ring is 1. The number of carbonyl (C=O) groups is 1. The molecular formula is C12H19N3O3. The molecule has 0 radical (unpaired) electrons. The van der Waals surface area contributed by atoms with E-state index in [-0.39, 0.29) is 5.91 Å². The number of piperidine rings is 1. The molecule has 1 aliphatic heterocycles. The molecule has 6 nitrogen and oxygen atoms in total. The molecule has 1 fully saturated rings. The van der Waals surface area contributed by atoms with E-state index in [4.69, 9.17) is 15.0 Å². The number of rotatable bonds is 4. The summed E-state index contributed by atoms with van der Waals surface area (Å²) in [4.78, 5) is 13.8. The van der Waals surface area contributed by atoms with Crippen LogP contribution in [0.1, 0.15) is 29.0 Å². The van der Waals surface area contributed by atoms with Crippen molar-refractivity contribution >= 4 is 5.91 Å². The van der Waals surface area contributed by atoms with Crippen LogP contribution in [0.5, 0.6) is 0 Å². The smallest absolute Gasteiger partial charge is 0.301 e. The maximum Gasteiger partial charge on any atom is 0.301 e. The molecule has 0 aromatic carbocycles. The van der Waals surface area contributed by atoms with Gasteiger partial charge in [-0.1, -0.05) is 0 Å². The Hall–Kier alpha value is -1.37. The van der Waals surface area contributed by atoms with Gasteiger partial charge in [-0.3, -0.25) is 15.1 Å². The monoisotopic (exact) mass is 253 g/mol. The minimum Gasteiger partial charge on any atom is -0.459 e. The van der Waals surface area contributed by atoms with Crippen LogP contribution < -0.4 is 11.3 Å². The van der Waals surface area contributed by atoms with Crippen molar-refractivity contribution in [2.75, 3.05) is 20.2 Å². The van der Waals surface area contributed by atoms with Crippen molar-refractivity contribution in [1.29, 1.82) is 0 Å². The molecule has 6 heteroatoms. The molecular weight excluding hydrogens is 234 g/mol. The summed E-state index contributed by atoms with van der Waals surface area (Å²) in [5.74, 6) is 5.02. The van der Waals surface area contributed by atoms with Crippen molar-refractivity contribution in [3.05, 3.63) is 23.7 Å². The molecule has 2 rings (SSSR count). The first-order valence-corrected chi connectivity index (χ1v) is 6.07. The highest BCUT2D eigenvalue weighted by Crippen LogP contribution is 2.18. The van der Waals surface area contributed by atoms with Gasteiger partial charge < -0.3 is 9.15 Å².